The standard InChI is InChI=1S/C14H16Cl2N2O4/c15-9-1-2-11(10(16)7-9)17-13(19)8-12(14(20)21)18-3-5-22-6-4-18/h1-2,7,12H,3-6,8H2,(H,17,19)(H,20,21). The number of aliphatic carboxylic acids is 1. The van der Waals surface area contributed by atoms with Crippen LogP contribution in [0.1, 0.15) is 6.42 Å². The Balaban J connectivity index is 2.00. The van der Waals surface area contributed by atoms with E-state index in [1.807, 2.05) is 0 Å². The fourth-order valence-electron chi connectivity index (χ4n) is 2.23. The van der Waals surface area contributed by atoms with E-state index in [0.29, 0.717) is 42.0 Å². The average molecular weight is 347 g/mol. The number of morpholine rings is 1. The highest BCUT2D eigenvalue weighted by atomic mass is 35.5. The number of ether oxygens (including phenoxy) is 1. The van der Waals surface area contributed by atoms with Gasteiger partial charge in [-0.15, -0.1) is 0 Å². The first-order valence-electron chi connectivity index (χ1n) is 6.77. The van der Waals surface area contributed by atoms with Gasteiger partial charge in [0.25, 0.3) is 0 Å². The lowest BCUT2D eigenvalue weighted by atomic mass is 10.1. The van der Waals surface area contributed by atoms with Gasteiger partial charge < -0.3 is 15.2 Å². The van der Waals surface area contributed by atoms with Crippen molar-refractivity contribution < 1.29 is 19.4 Å². The van der Waals surface area contributed by atoms with Crippen molar-refractivity contribution in [2.45, 2.75) is 12.5 Å². The number of hydrogen-bond acceptors (Lipinski definition) is 4. The minimum Gasteiger partial charge on any atom is -0.480 e. The van der Waals surface area contributed by atoms with E-state index >= 15 is 0 Å². The van der Waals surface area contributed by atoms with Crippen LogP contribution in [0.4, 0.5) is 5.69 Å². The molecular formula is C14H16Cl2N2O4. The minimum absolute atomic E-state index is 0.158. The van der Waals surface area contributed by atoms with E-state index in [0.717, 1.165) is 0 Å². The van der Waals surface area contributed by atoms with Gasteiger partial charge in [-0.3, -0.25) is 14.5 Å². The fourth-order valence-corrected chi connectivity index (χ4v) is 2.69. The van der Waals surface area contributed by atoms with Gasteiger partial charge in [0.2, 0.25) is 5.91 Å². The lowest BCUT2D eigenvalue weighted by Gasteiger charge is -2.31. The summed E-state index contributed by atoms with van der Waals surface area (Å²) >= 11 is 11.8. The molecule has 0 radical (unpaired) electrons. The van der Waals surface area contributed by atoms with E-state index in [9.17, 15) is 14.7 Å². The quantitative estimate of drug-likeness (QED) is 0.853. The summed E-state index contributed by atoms with van der Waals surface area (Å²) in [7, 11) is 0. The first kappa shape index (κ1) is 17.0. The molecule has 1 aliphatic heterocycles. The molecule has 2 rings (SSSR count). The summed E-state index contributed by atoms with van der Waals surface area (Å²) in [4.78, 5) is 25.2. The molecule has 120 valence electrons. The predicted molar refractivity (Wildman–Crippen MR) is 83.5 cm³/mol. The third-order valence-corrected chi connectivity index (χ3v) is 3.90. The van der Waals surface area contributed by atoms with Gasteiger partial charge in [-0.25, -0.2) is 0 Å². The van der Waals surface area contributed by atoms with Crippen molar-refractivity contribution in [3.8, 4) is 0 Å². The van der Waals surface area contributed by atoms with Crippen LogP contribution in [0.3, 0.4) is 0 Å². The molecule has 1 heterocycles. The predicted octanol–water partition coefficient (Wildman–Crippen LogP) is 2.11. The van der Waals surface area contributed by atoms with Crippen molar-refractivity contribution >= 4 is 40.8 Å². The van der Waals surface area contributed by atoms with E-state index in [1.54, 1.807) is 17.0 Å². The van der Waals surface area contributed by atoms with Gasteiger partial charge in [0.1, 0.15) is 6.04 Å². The number of rotatable bonds is 5. The molecular weight excluding hydrogens is 331 g/mol. The van der Waals surface area contributed by atoms with Crippen LogP contribution in [0.15, 0.2) is 18.2 Å². The molecule has 2 N–H and O–H groups in total. The summed E-state index contributed by atoms with van der Waals surface area (Å²) in [5, 5.41) is 12.7. The third-order valence-electron chi connectivity index (χ3n) is 3.36. The summed E-state index contributed by atoms with van der Waals surface area (Å²) in [6.45, 7) is 1.92. The van der Waals surface area contributed by atoms with Crippen molar-refractivity contribution in [2.75, 3.05) is 31.6 Å². The first-order chi connectivity index (χ1) is 10.5. The van der Waals surface area contributed by atoms with Crippen LogP contribution in [0, 0.1) is 0 Å². The van der Waals surface area contributed by atoms with Crippen LogP contribution in [0.2, 0.25) is 10.0 Å². The van der Waals surface area contributed by atoms with E-state index < -0.39 is 17.9 Å². The molecule has 1 aromatic rings. The molecule has 1 aromatic carbocycles. The Morgan fingerprint density at radius 1 is 1.32 bits per heavy atom. The van der Waals surface area contributed by atoms with Crippen molar-refractivity contribution in [2.24, 2.45) is 0 Å². The number of carbonyl (C=O) groups is 2. The molecule has 1 amide bonds. The second kappa shape index (κ2) is 7.78. The SMILES string of the molecule is O=C(CC(C(=O)O)N1CCOCC1)Nc1ccc(Cl)cc1Cl. The van der Waals surface area contributed by atoms with Gasteiger partial charge in [0, 0.05) is 18.1 Å². The molecule has 0 spiro atoms. The molecule has 0 aromatic heterocycles. The number of carboxylic acid groups (broad SMARTS) is 1. The number of carboxylic acids is 1. The Bertz CT molecular complexity index is 562. The van der Waals surface area contributed by atoms with Gasteiger partial charge in [-0.2, -0.15) is 0 Å². The van der Waals surface area contributed by atoms with Crippen LogP contribution in [0.5, 0.6) is 0 Å². The summed E-state index contributed by atoms with van der Waals surface area (Å²) < 4.78 is 5.19. The molecule has 0 aliphatic carbocycles. The third kappa shape index (κ3) is 4.58. The van der Waals surface area contributed by atoms with Crippen LogP contribution in [0.25, 0.3) is 0 Å². The molecule has 8 heteroatoms. The number of hydrogen-bond donors (Lipinski definition) is 2. The highest BCUT2D eigenvalue weighted by Gasteiger charge is 2.29. The zero-order chi connectivity index (χ0) is 16.1. The molecule has 1 fully saturated rings. The van der Waals surface area contributed by atoms with Gasteiger partial charge in [0.05, 0.1) is 30.3 Å². The number of benzene rings is 1. The zero-order valence-corrected chi connectivity index (χ0v) is 13.2. The van der Waals surface area contributed by atoms with Crippen molar-refractivity contribution in [1.29, 1.82) is 0 Å². The smallest absolute Gasteiger partial charge is 0.321 e. The minimum atomic E-state index is -1.03. The van der Waals surface area contributed by atoms with Crippen molar-refractivity contribution in [3.63, 3.8) is 0 Å². The maximum atomic E-state index is 12.1. The number of nitrogens with one attached hydrogen (secondary N) is 1. The highest BCUT2D eigenvalue weighted by Crippen LogP contribution is 2.25. The fraction of sp³-hybridized carbons (Fsp3) is 0.429. The van der Waals surface area contributed by atoms with E-state index in [2.05, 4.69) is 5.32 Å². The Labute approximate surface area is 137 Å². The molecule has 6 nitrogen and oxygen atoms in total. The summed E-state index contributed by atoms with van der Waals surface area (Å²) in [5.41, 5.74) is 0.405. The lowest BCUT2D eigenvalue weighted by molar-refractivity contribution is -0.147. The topological polar surface area (TPSA) is 78.9 Å². The number of nitrogens with zero attached hydrogens (tertiary/aromatic N) is 1. The van der Waals surface area contributed by atoms with Crippen molar-refractivity contribution in [3.05, 3.63) is 28.2 Å². The molecule has 1 saturated heterocycles. The largest absolute Gasteiger partial charge is 0.480 e. The zero-order valence-electron chi connectivity index (χ0n) is 11.7. The van der Waals surface area contributed by atoms with E-state index in [4.69, 9.17) is 27.9 Å². The van der Waals surface area contributed by atoms with Crippen LogP contribution < -0.4 is 5.32 Å². The van der Waals surface area contributed by atoms with Crippen LogP contribution in [-0.2, 0) is 14.3 Å². The summed E-state index contributed by atoms with van der Waals surface area (Å²) in [6, 6.07) is 3.80. The Morgan fingerprint density at radius 3 is 2.59 bits per heavy atom. The summed E-state index contributed by atoms with van der Waals surface area (Å²) in [5.74, 6) is -1.44. The maximum absolute atomic E-state index is 12.1. The molecule has 1 unspecified atom stereocenters. The average Bonchev–Trinajstić information content (AvgIpc) is 2.48. The number of carbonyl (C=O) groups excluding carboxylic acids is 1. The second-order valence-electron chi connectivity index (χ2n) is 4.88. The molecule has 22 heavy (non-hydrogen) atoms. The van der Waals surface area contributed by atoms with Gasteiger partial charge in [-0.05, 0) is 18.2 Å². The highest BCUT2D eigenvalue weighted by molar-refractivity contribution is 6.36. The molecule has 1 atom stereocenters. The maximum Gasteiger partial charge on any atom is 0.321 e. The van der Waals surface area contributed by atoms with E-state index in [-0.39, 0.29) is 6.42 Å². The van der Waals surface area contributed by atoms with Gasteiger partial charge >= 0.3 is 5.97 Å². The number of anilines is 1. The van der Waals surface area contributed by atoms with Crippen LogP contribution >= 0.6 is 23.2 Å². The monoisotopic (exact) mass is 346 g/mol. The van der Waals surface area contributed by atoms with Gasteiger partial charge in [-0.1, -0.05) is 23.2 Å². The Morgan fingerprint density at radius 2 is 2.00 bits per heavy atom. The second-order valence-corrected chi connectivity index (χ2v) is 5.72. The summed E-state index contributed by atoms with van der Waals surface area (Å²) in [6.07, 6.45) is -0.158. The number of halogens is 2. The van der Waals surface area contributed by atoms with E-state index in [1.165, 1.54) is 6.07 Å². The van der Waals surface area contributed by atoms with Crippen molar-refractivity contribution in [1.82, 2.24) is 4.90 Å². The normalized spacial score (nSPS) is 17.0. The molecule has 0 bridgehead atoms. The Hall–Kier alpha value is -1.34. The molecule has 0 saturated carbocycles. The van der Waals surface area contributed by atoms with Gasteiger partial charge in [0.15, 0.2) is 0 Å². The Kier molecular flexibility index (Phi) is 6.02. The number of amides is 1. The molecule has 1 aliphatic rings. The van der Waals surface area contributed by atoms with Crippen LogP contribution in [-0.4, -0.2) is 54.2 Å². The lowest BCUT2D eigenvalue weighted by Crippen LogP contribution is -2.48. The first-order valence-corrected chi connectivity index (χ1v) is 7.52.